The minimum atomic E-state index is -4.47. The predicted molar refractivity (Wildman–Crippen MR) is 88.7 cm³/mol. The van der Waals surface area contributed by atoms with E-state index in [1.807, 2.05) is 0 Å². The largest absolute Gasteiger partial charge is 0.401 e. The van der Waals surface area contributed by atoms with Gasteiger partial charge >= 0.3 is 6.18 Å². The highest BCUT2D eigenvalue weighted by Gasteiger charge is 2.67. The molecule has 9 heteroatoms. The maximum Gasteiger partial charge on any atom is 0.401 e. The molecule has 1 aromatic carbocycles. The monoisotopic (exact) mass is 399 g/mol. The molecule has 0 spiro atoms. The van der Waals surface area contributed by atoms with Gasteiger partial charge in [-0.25, -0.2) is 8.78 Å². The maximum atomic E-state index is 14.4. The summed E-state index contributed by atoms with van der Waals surface area (Å²) in [6, 6.07) is 3.83. The van der Waals surface area contributed by atoms with Crippen LogP contribution in [0.3, 0.4) is 0 Å². The van der Waals surface area contributed by atoms with Gasteiger partial charge in [-0.3, -0.25) is 0 Å². The first-order chi connectivity index (χ1) is 13.3. The number of nitrogens with zero attached hydrogens (tertiary/aromatic N) is 3. The first kappa shape index (κ1) is 19.0. The van der Waals surface area contributed by atoms with Crippen LogP contribution >= 0.6 is 0 Å². The topological polar surface area (TPSA) is 47.8 Å². The molecule has 150 valence electrons. The number of fused-ring (bicyclic) bond motifs is 1. The van der Waals surface area contributed by atoms with Gasteiger partial charge in [-0.15, -0.1) is 10.2 Å². The Morgan fingerprint density at radius 2 is 1.93 bits per heavy atom. The van der Waals surface area contributed by atoms with Gasteiger partial charge in [0.25, 0.3) is 0 Å². The van der Waals surface area contributed by atoms with Crippen LogP contribution in [-0.2, 0) is 16.8 Å². The van der Waals surface area contributed by atoms with Crippen LogP contribution in [0.1, 0.15) is 61.2 Å². The summed E-state index contributed by atoms with van der Waals surface area (Å²) in [5, 5.41) is 7.84. The standard InChI is InChI=1S/C19H18F5N3O/c20-14-3-1-2-13(15(14)21)12-5-4-11(6-9-28)16-25-26-17(27(16)10-12)18(7-8-18)19(22,23)24/h1-3,9,11-12H,4-8,10H2/t11-,12+/m1/s1. The fourth-order valence-electron chi connectivity index (χ4n) is 4.18. The lowest BCUT2D eigenvalue weighted by Crippen LogP contribution is -2.32. The van der Waals surface area contributed by atoms with Crippen LogP contribution in [0.2, 0.25) is 0 Å². The number of benzene rings is 1. The van der Waals surface area contributed by atoms with Gasteiger partial charge in [0.1, 0.15) is 23.3 Å². The number of aldehydes is 1. The summed E-state index contributed by atoms with van der Waals surface area (Å²) in [5.41, 5.74) is -1.92. The lowest BCUT2D eigenvalue weighted by Gasteiger charge is -2.22. The van der Waals surface area contributed by atoms with Crippen molar-refractivity contribution in [2.24, 2.45) is 0 Å². The van der Waals surface area contributed by atoms with Crippen LogP contribution in [0.5, 0.6) is 0 Å². The Morgan fingerprint density at radius 1 is 1.18 bits per heavy atom. The highest BCUT2D eigenvalue weighted by molar-refractivity contribution is 5.51. The highest BCUT2D eigenvalue weighted by atomic mass is 19.4. The van der Waals surface area contributed by atoms with Crippen molar-refractivity contribution in [3.63, 3.8) is 0 Å². The Labute approximate surface area is 157 Å². The van der Waals surface area contributed by atoms with Gasteiger partial charge in [0.15, 0.2) is 11.6 Å². The van der Waals surface area contributed by atoms with Crippen molar-refractivity contribution in [1.29, 1.82) is 0 Å². The summed E-state index contributed by atoms with van der Waals surface area (Å²) < 4.78 is 70.5. The van der Waals surface area contributed by atoms with E-state index in [-0.39, 0.29) is 37.2 Å². The van der Waals surface area contributed by atoms with Crippen LogP contribution < -0.4 is 0 Å². The number of hydrogen-bond acceptors (Lipinski definition) is 3. The summed E-state index contributed by atoms with van der Waals surface area (Å²) in [6.45, 7) is 0.0191. The van der Waals surface area contributed by atoms with Crippen molar-refractivity contribution >= 4 is 6.29 Å². The molecule has 0 bridgehead atoms. The second-order valence-electron chi connectivity index (χ2n) is 7.59. The lowest BCUT2D eigenvalue weighted by atomic mass is 9.90. The molecule has 1 saturated carbocycles. The molecule has 1 fully saturated rings. The van der Waals surface area contributed by atoms with E-state index in [1.165, 1.54) is 16.7 Å². The molecule has 1 aliphatic carbocycles. The fraction of sp³-hybridized carbons (Fsp3) is 0.526. The van der Waals surface area contributed by atoms with Gasteiger partial charge in [0.05, 0.1) is 0 Å². The Kier molecular flexibility index (Phi) is 4.50. The van der Waals surface area contributed by atoms with Crippen LogP contribution in [-0.4, -0.2) is 27.2 Å². The van der Waals surface area contributed by atoms with E-state index < -0.39 is 35.1 Å². The number of hydrogen-bond donors (Lipinski definition) is 0. The summed E-state index contributed by atoms with van der Waals surface area (Å²) in [4.78, 5) is 11.1. The van der Waals surface area contributed by atoms with E-state index in [0.717, 1.165) is 6.07 Å². The molecule has 28 heavy (non-hydrogen) atoms. The zero-order chi connectivity index (χ0) is 20.1. The second-order valence-corrected chi connectivity index (χ2v) is 7.59. The van der Waals surface area contributed by atoms with Gasteiger partial charge in [-0.05, 0) is 37.3 Å². The zero-order valence-electron chi connectivity index (χ0n) is 14.8. The molecule has 0 saturated heterocycles. The molecule has 0 unspecified atom stereocenters. The number of carbonyl (C=O) groups excluding carboxylic acids is 1. The molecule has 1 aliphatic heterocycles. The molecule has 2 atom stereocenters. The van der Waals surface area contributed by atoms with Gasteiger partial charge in [-0.2, -0.15) is 13.2 Å². The molecular weight excluding hydrogens is 381 g/mol. The number of aromatic nitrogens is 3. The summed E-state index contributed by atoms with van der Waals surface area (Å²) in [7, 11) is 0. The summed E-state index contributed by atoms with van der Waals surface area (Å²) >= 11 is 0. The average Bonchev–Trinajstić information content (AvgIpc) is 3.39. The van der Waals surface area contributed by atoms with Crippen LogP contribution in [0.4, 0.5) is 22.0 Å². The minimum Gasteiger partial charge on any atom is -0.313 e. The minimum absolute atomic E-state index is 0.0191. The quantitative estimate of drug-likeness (QED) is 0.566. The number of carbonyl (C=O) groups is 1. The first-order valence-corrected chi connectivity index (χ1v) is 9.16. The molecule has 4 rings (SSSR count). The molecule has 0 radical (unpaired) electrons. The second kappa shape index (κ2) is 6.63. The Hall–Kier alpha value is -2.32. The van der Waals surface area contributed by atoms with E-state index in [0.29, 0.717) is 25.0 Å². The van der Waals surface area contributed by atoms with Gasteiger partial charge in [0.2, 0.25) is 0 Å². The number of rotatable bonds is 4. The third-order valence-corrected chi connectivity index (χ3v) is 5.93. The Morgan fingerprint density at radius 3 is 2.57 bits per heavy atom. The van der Waals surface area contributed by atoms with Crippen LogP contribution in [0.15, 0.2) is 18.2 Å². The van der Waals surface area contributed by atoms with Crippen molar-refractivity contribution in [2.75, 3.05) is 0 Å². The van der Waals surface area contributed by atoms with Crippen LogP contribution in [0.25, 0.3) is 0 Å². The van der Waals surface area contributed by atoms with Crippen molar-refractivity contribution < 1.29 is 26.7 Å². The highest BCUT2D eigenvalue weighted by Crippen LogP contribution is 2.59. The smallest absolute Gasteiger partial charge is 0.313 e. The molecular formula is C19H18F5N3O. The van der Waals surface area contributed by atoms with Crippen molar-refractivity contribution in [3.8, 4) is 0 Å². The third-order valence-electron chi connectivity index (χ3n) is 5.93. The third kappa shape index (κ3) is 2.91. The molecule has 2 heterocycles. The van der Waals surface area contributed by atoms with Crippen molar-refractivity contribution in [1.82, 2.24) is 14.8 Å². The summed E-state index contributed by atoms with van der Waals surface area (Å²) in [5.74, 6) is -2.79. The molecule has 0 amide bonds. The maximum absolute atomic E-state index is 14.4. The van der Waals surface area contributed by atoms with Crippen LogP contribution in [0, 0.1) is 11.6 Å². The average molecular weight is 399 g/mol. The first-order valence-electron chi connectivity index (χ1n) is 9.16. The molecule has 1 aromatic heterocycles. The lowest BCUT2D eigenvalue weighted by molar-refractivity contribution is -0.163. The van der Waals surface area contributed by atoms with Crippen molar-refractivity contribution in [3.05, 3.63) is 47.0 Å². The fourth-order valence-corrected chi connectivity index (χ4v) is 4.18. The molecule has 4 nitrogen and oxygen atoms in total. The number of alkyl halides is 3. The number of halogens is 5. The van der Waals surface area contributed by atoms with E-state index in [9.17, 15) is 26.7 Å². The molecule has 2 aliphatic rings. The Balaban J connectivity index is 1.80. The van der Waals surface area contributed by atoms with E-state index in [1.54, 1.807) is 0 Å². The van der Waals surface area contributed by atoms with E-state index in [2.05, 4.69) is 10.2 Å². The van der Waals surface area contributed by atoms with E-state index in [4.69, 9.17) is 0 Å². The van der Waals surface area contributed by atoms with Gasteiger partial charge in [0, 0.05) is 24.8 Å². The van der Waals surface area contributed by atoms with Crippen molar-refractivity contribution in [2.45, 2.75) is 62.1 Å². The predicted octanol–water partition coefficient (Wildman–Crippen LogP) is 4.40. The van der Waals surface area contributed by atoms with Gasteiger partial charge < -0.3 is 9.36 Å². The zero-order valence-corrected chi connectivity index (χ0v) is 14.8. The summed E-state index contributed by atoms with van der Waals surface area (Å²) in [6.07, 6.45) is -3.00. The molecule has 2 aromatic rings. The SMILES string of the molecule is O=CC[C@H]1CC[C@H](c2cccc(F)c2F)Cn2c1nnc2C1(C(F)(F)F)CC1. The van der Waals surface area contributed by atoms with Gasteiger partial charge in [-0.1, -0.05) is 12.1 Å². The molecule has 0 N–H and O–H groups in total. The van der Waals surface area contributed by atoms with E-state index >= 15 is 0 Å². The Bertz CT molecular complexity index is 903. The normalized spacial score (nSPS) is 23.8.